The average Bonchev–Trinajstić information content (AvgIpc) is 2.60. The first kappa shape index (κ1) is 17.9. The Kier molecular flexibility index (Phi) is 6.28. The molecule has 0 saturated heterocycles. The van der Waals surface area contributed by atoms with E-state index in [0.717, 1.165) is 12.8 Å². The van der Waals surface area contributed by atoms with Gasteiger partial charge < -0.3 is 16.0 Å². The first-order valence-electron chi connectivity index (χ1n) is 8.36. The van der Waals surface area contributed by atoms with Gasteiger partial charge in [-0.1, -0.05) is 19.3 Å². The third-order valence-electron chi connectivity index (χ3n) is 4.35. The monoisotopic (exact) mass is 332 g/mol. The number of nitrogens with zero attached hydrogens (tertiary/aromatic N) is 2. The van der Waals surface area contributed by atoms with Crippen LogP contribution in [0.4, 0.5) is 5.69 Å². The van der Waals surface area contributed by atoms with Gasteiger partial charge in [0.2, 0.25) is 5.91 Å². The zero-order valence-electron chi connectivity index (χ0n) is 14.0. The minimum Gasteiger partial charge on any atom is -0.366 e. The Bertz CT molecular complexity index is 612. The number of hydrogen-bond donors (Lipinski definition) is 2. The third-order valence-corrected chi connectivity index (χ3v) is 4.35. The molecule has 2 rings (SSSR count). The van der Waals surface area contributed by atoms with Crippen molar-refractivity contribution in [3.63, 3.8) is 0 Å². The van der Waals surface area contributed by atoms with Crippen LogP contribution in [0.5, 0.6) is 0 Å². The van der Waals surface area contributed by atoms with Crippen molar-refractivity contribution in [2.45, 2.75) is 39.0 Å². The molecule has 1 aliphatic rings. The maximum Gasteiger partial charge on any atom is 0.313 e. The topological polar surface area (TPSA) is 105 Å². The number of nitrogens with two attached hydrogens (primary N) is 1. The molecule has 1 aliphatic carbocycles. The van der Waals surface area contributed by atoms with E-state index in [1.165, 1.54) is 37.7 Å². The Hall–Kier alpha value is -2.44. The van der Waals surface area contributed by atoms with E-state index < -0.39 is 17.7 Å². The number of amides is 3. The molecule has 130 valence electrons. The number of anilines is 1. The van der Waals surface area contributed by atoms with E-state index in [0.29, 0.717) is 19.0 Å². The number of primary amides is 1. The molecule has 0 aliphatic heterocycles. The van der Waals surface area contributed by atoms with E-state index in [1.54, 1.807) is 4.90 Å². The van der Waals surface area contributed by atoms with Crippen LogP contribution in [0.15, 0.2) is 18.5 Å². The summed E-state index contributed by atoms with van der Waals surface area (Å²) in [7, 11) is 0. The Morgan fingerprint density at radius 1 is 1.25 bits per heavy atom. The molecule has 0 unspecified atom stereocenters. The van der Waals surface area contributed by atoms with Crippen molar-refractivity contribution in [2.24, 2.45) is 11.7 Å². The Morgan fingerprint density at radius 2 is 1.96 bits per heavy atom. The van der Waals surface area contributed by atoms with Crippen LogP contribution < -0.4 is 11.1 Å². The van der Waals surface area contributed by atoms with Crippen molar-refractivity contribution in [2.75, 3.05) is 18.4 Å². The lowest BCUT2D eigenvalue weighted by molar-refractivity contribution is -0.143. The second-order valence-corrected chi connectivity index (χ2v) is 6.13. The van der Waals surface area contributed by atoms with E-state index >= 15 is 0 Å². The SMILES string of the molecule is CCN(CC1CCCCC1)C(=O)C(=O)Nc1cncc(C(N)=O)c1. The molecule has 0 radical (unpaired) electrons. The minimum absolute atomic E-state index is 0.176. The highest BCUT2D eigenvalue weighted by Gasteiger charge is 2.24. The van der Waals surface area contributed by atoms with Gasteiger partial charge in [0.15, 0.2) is 0 Å². The molecule has 24 heavy (non-hydrogen) atoms. The fourth-order valence-corrected chi connectivity index (χ4v) is 3.01. The second-order valence-electron chi connectivity index (χ2n) is 6.13. The maximum absolute atomic E-state index is 12.4. The molecule has 3 amide bonds. The molecular weight excluding hydrogens is 308 g/mol. The van der Waals surface area contributed by atoms with Gasteiger partial charge in [0.1, 0.15) is 0 Å². The highest BCUT2D eigenvalue weighted by Crippen LogP contribution is 2.24. The van der Waals surface area contributed by atoms with Crippen LogP contribution in [0, 0.1) is 5.92 Å². The van der Waals surface area contributed by atoms with Crippen LogP contribution >= 0.6 is 0 Å². The normalized spacial score (nSPS) is 14.9. The van der Waals surface area contributed by atoms with Gasteiger partial charge >= 0.3 is 11.8 Å². The zero-order chi connectivity index (χ0) is 17.5. The Morgan fingerprint density at radius 3 is 2.58 bits per heavy atom. The molecule has 1 aromatic heterocycles. The molecule has 0 atom stereocenters. The maximum atomic E-state index is 12.4. The molecule has 7 heteroatoms. The molecule has 1 aromatic rings. The number of carbonyl (C=O) groups excluding carboxylic acids is 3. The van der Waals surface area contributed by atoms with E-state index in [4.69, 9.17) is 5.73 Å². The summed E-state index contributed by atoms with van der Waals surface area (Å²) in [4.78, 5) is 41.1. The van der Waals surface area contributed by atoms with Crippen LogP contribution in [-0.4, -0.2) is 40.7 Å². The van der Waals surface area contributed by atoms with Crippen LogP contribution in [0.1, 0.15) is 49.4 Å². The summed E-state index contributed by atoms with van der Waals surface area (Å²) in [6.07, 6.45) is 8.52. The largest absolute Gasteiger partial charge is 0.366 e. The first-order valence-corrected chi connectivity index (χ1v) is 8.36. The third kappa shape index (κ3) is 4.78. The number of pyridine rings is 1. The second kappa shape index (κ2) is 8.42. The molecular formula is C17H24N4O3. The van der Waals surface area contributed by atoms with Crippen molar-refractivity contribution < 1.29 is 14.4 Å². The summed E-state index contributed by atoms with van der Waals surface area (Å²) in [5, 5.41) is 2.49. The highest BCUT2D eigenvalue weighted by atomic mass is 16.2. The van der Waals surface area contributed by atoms with Crippen molar-refractivity contribution in [3.8, 4) is 0 Å². The summed E-state index contributed by atoms with van der Waals surface area (Å²) in [6, 6.07) is 1.40. The summed E-state index contributed by atoms with van der Waals surface area (Å²) < 4.78 is 0. The van der Waals surface area contributed by atoms with Gasteiger partial charge in [0, 0.05) is 19.3 Å². The minimum atomic E-state index is -0.726. The molecule has 0 spiro atoms. The lowest BCUT2D eigenvalue weighted by Gasteiger charge is -2.28. The van der Waals surface area contributed by atoms with Gasteiger partial charge in [-0.2, -0.15) is 0 Å². The highest BCUT2D eigenvalue weighted by molar-refractivity contribution is 6.39. The number of nitrogens with one attached hydrogen (secondary N) is 1. The van der Waals surface area contributed by atoms with Gasteiger partial charge in [-0.15, -0.1) is 0 Å². The van der Waals surface area contributed by atoms with Crippen LogP contribution in [0.25, 0.3) is 0 Å². The van der Waals surface area contributed by atoms with E-state index in [-0.39, 0.29) is 11.3 Å². The standard InChI is InChI=1S/C17H24N4O3/c1-2-21(11-12-6-4-3-5-7-12)17(24)16(23)20-14-8-13(15(18)22)9-19-10-14/h8-10,12H,2-7,11H2,1H3,(H2,18,22)(H,20,23). The molecule has 0 aromatic carbocycles. The fourth-order valence-electron chi connectivity index (χ4n) is 3.01. The van der Waals surface area contributed by atoms with Crippen molar-refractivity contribution in [1.29, 1.82) is 0 Å². The van der Waals surface area contributed by atoms with E-state index in [1.807, 2.05) is 6.92 Å². The summed E-state index contributed by atoms with van der Waals surface area (Å²) in [6.45, 7) is 2.97. The molecule has 1 fully saturated rings. The van der Waals surface area contributed by atoms with Crippen LogP contribution in [0.3, 0.4) is 0 Å². The van der Waals surface area contributed by atoms with E-state index in [9.17, 15) is 14.4 Å². The number of likely N-dealkylation sites (N-methyl/N-ethyl adjacent to an activating group) is 1. The first-order chi connectivity index (χ1) is 11.5. The van der Waals surface area contributed by atoms with Gasteiger partial charge in [-0.3, -0.25) is 19.4 Å². The average molecular weight is 332 g/mol. The van der Waals surface area contributed by atoms with Gasteiger partial charge in [-0.05, 0) is 31.7 Å². The molecule has 3 N–H and O–H groups in total. The zero-order valence-corrected chi connectivity index (χ0v) is 14.0. The lowest BCUT2D eigenvalue weighted by atomic mass is 9.89. The van der Waals surface area contributed by atoms with Gasteiger partial charge in [-0.25, -0.2) is 0 Å². The van der Waals surface area contributed by atoms with Gasteiger partial charge in [0.25, 0.3) is 0 Å². The molecule has 1 saturated carbocycles. The van der Waals surface area contributed by atoms with Crippen molar-refractivity contribution in [1.82, 2.24) is 9.88 Å². The number of hydrogen-bond acceptors (Lipinski definition) is 4. The van der Waals surface area contributed by atoms with Crippen molar-refractivity contribution in [3.05, 3.63) is 24.0 Å². The fraction of sp³-hybridized carbons (Fsp3) is 0.529. The van der Waals surface area contributed by atoms with Crippen LogP contribution in [0.2, 0.25) is 0 Å². The van der Waals surface area contributed by atoms with Crippen LogP contribution in [-0.2, 0) is 9.59 Å². The lowest BCUT2D eigenvalue weighted by Crippen LogP contribution is -2.42. The summed E-state index contributed by atoms with van der Waals surface area (Å²) in [5.41, 5.74) is 5.63. The smallest absolute Gasteiger partial charge is 0.313 e. The molecule has 0 bridgehead atoms. The predicted molar refractivity (Wildman–Crippen MR) is 90.2 cm³/mol. The molecule has 7 nitrogen and oxygen atoms in total. The van der Waals surface area contributed by atoms with Gasteiger partial charge in [0.05, 0.1) is 17.4 Å². The van der Waals surface area contributed by atoms with E-state index in [2.05, 4.69) is 10.3 Å². The summed E-state index contributed by atoms with van der Waals surface area (Å²) >= 11 is 0. The molecule has 1 heterocycles. The number of aromatic nitrogens is 1. The number of carbonyl (C=O) groups is 3. The summed E-state index contributed by atoms with van der Waals surface area (Å²) in [5.74, 6) is -1.46. The quantitative estimate of drug-likeness (QED) is 0.798. The predicted octanol–water partition coefficient (Wildman–Crippen LogP) is 1.55. The Labute approximate surface area is 141 Å². The van der Waals surface area contributed by atoms with Crippen molar-refractivity contribution >= 4 is 23.4 Å². The number of rotatable bonds is 5. The Balaban J connectivity index is 1.97.